The van der Waals surface area contributed by atoms with Gasteiger partial charge in [-0.05, 0) is 129 Å². The zero-order valence-electron chi connectivity index (χ0n) is 30.7. The van der Waals surface area contributed by atoms with Crippen LogP contribution in [0.15, 0.2) is 84.9 Å². The molecule has 0 unspecified atom stereocenters. The topological polar surface area (TPSA) is 118 Å². The van der Waals surface area contributed by atoms with Gasteiger partial charge in [-0.15, -0.1) is 11.3 Å². The number of nitrogens with one attached hydrogen (secondary N) is 1. The molecule has 3 amide bonds. The van der Waals surface area contributed by atoms with E-state index in [1.807, 2.05) is 42.5 Å². The first-order valence-corrected chi connectivity index (χ1v) is 19.9. The highest BCUT2D eigenvalue weighted by atomic mass is 32.1. The molecule has 1 aromatic heterocycles. The zero-order chi connectivity index (χ0) is 37.7. The minimum absolute atomic E-state index is 0.157. The molecule has 1 atom stereocenters. The summed E-state index contributed by atoms with van der Waals surface area (Å²) in [6, 6.07) is 26.6. The molecule has 1 saturated carbocycles. The molecular weight excluding hydrogens is 715 g/mol. The van der Waals surface area contributed by atoms with E-state index in [1.54, 1.807) is 34.4 Å². The largest absolute Gasteiger partial charge is 0.508 e. The molecule has 55 heavy (non-hydrogen) atoms. The Bertz CT molecular complexity index is 2270. The molecule has 2 N–H and O–H groups in total. The highest BCUT2D eigenvalue weighted by molar-refractivity contribution is 7.22. The van der Waals surface area contributed by atoms with Gasteiger partial charge in [0.05, 0.1) is 11.0 Å². The van der Waals surface area contributed by atoms with Crippen molar-refractivity contribution in [2.24, 2.45) is 5.41 Å². The number of aryl methyl sites for hydroxylation is 1. The quantitative estimate of drug-likeness (QED) is 0.139. The molecule has 0 bridgehead atoms. The Labute approximate surface area is 323 Å². The first-order chi connectivity index (χ1) is 26.7. The lowest BCUT2D eigenvalue weighted by Gasteiger charge is -2.51. The minimum atomic E-state index is -0.617. The van der Waals surface area contributed by atoms with E-state index in [9.17, 15) is 19.5 Å². The van der Waals surface area contributed by atoms with Gasteiger partial charge in [-0.25, -0.2) is 0 Å². The van der Waals surface area contributed by atoms with E-state index in [0.29, 0.717) is 30.6 Å². The number of likely N-dealkylation sites (tertiary alicyclic amines) is 1. The molecule has 10 nitrogen and oxygen atoms in total. The number of hydrogen-bond donors (Lipinski definition) is 2. The molecule has 11 heteroatoms. The normalized spacial score (nSPS) is 19.7. The van der Waals surface area contributed by atoms with Gasteiger partial charge in [0, 0.05) is 35.2 Å². The smallest absolute Gasteiger partial charge is 0.255 e. The fourth-order valence-electron chi connectivity index (χ4n) is 8.54. The van der Waals surface area contributed by atoms with Crippen LogP contribution in [0.3, 0.4) is 0 Å². The van der Waals surface area contributed by atoms with Crippen molar-refractivity contribution < 1.29 is 33.7 Å². The molecule has 3 fully saturated rings. The van der Waals surface area contributed by atoms with Gasteiger partial charge in [-0.3, -0.25) is 24.6 Å². The molecule has 1 spiro atoms. The highest BCUT2D eigenvalue weighted by Gasteiger charge is 2.47. The second-order valence-corrected chi connectivity index (χ2v) is 16.5. The van der Waals surface area contributed by atoms with Crippen molar-refractivity contribution in [3.05, 3.63) is 102 Å². The number of nitrogens with zero attached hydrogens (tertiary/aromatic N) is 2. The zero-order valence-corrected chi connectivity index (χ0v) is 31.5. The Hall–Kier alpha value is -5.39. The van der Waals surface area contributed by atoms with E-state index in [2.05, 4.69) is 41.4 Å². The van der Waals surface area contributed by atoms with Crippen molar-refractivity contribution in [1.82, 2.24) is 15.1 Å². The van der Waals surface area contributed by atoms with Crippen LogP contribution in [-0.2, 0) is 16.1 Å². The van der Waals surface area contributed by atoms with Crippen LogP contribution in [0, 0.1) is 12.3 Å². The maximum Gasteiger partial charge on any atom is 0.255 e. The summed E-state index contributed by atoms with van der Waals surface area (Å²) in [6.07, 6.45) is 5.09. The monoisotopic (exact) mass is 757 g/mol. The Kier molecular flexibility index (Phi) is 9.22. The van der Waals surface area contributed by atoms with Crippen LogP contribution >= 0.6 is 11.3 Å². The third kappa shape index (κ3) is 7.14. The number of aromatic hydroxyl groups is 1. The maximum absolute atomic E-state index is 13.0. The third-order valence-corrected chi connectivity index (χ3v) is 12.9. The molecule has 4 aliphatic rings. The number of imide groups is 1. The Morgan fingerprint density at radius 2 is 1.64 bits per heavy atom. The molecule has 2 saturated heterocycles. The lowest BCUT2D eigenvalue weighted by molar-refractivity contribution is -0.136. The van der Waals surface area contributed by atoms with Crippen LogP contribution in [0.25, 0.3) is 20.5 Å². The second-order valence-electron chi connectivity index (χ2n) is 15.4. The Morgan fingerprint density at radius 1 is 0.891 bits per heavy atom. The van der Waals surface area contributed by atoms with E-state index in [1.165, 1.54) is 5.56 Å². The summed E-state index contributed by atoms with van der Waals surface area (Å²) in [5.41, 5.74) is 4.06. The number of carbonyl (C=O) groups excluding carboxylic acids is 3. The number of ether oxygens (including phenoxy) is 3. The number of piperidine rings is 2. The first kappa shape index (κ1) is 35.3. The number of thiophene rings is 1. The van der Waals surface area contributed by atoms with Gasteiger partial charge in [0.15, 0.2) is 5.75 Å². The molecule has 282 valence electrons. The van der Waals surface area contributed by atoms with Gasteiger partial charge in [-0.1, -0.05) is 29.8 Å². The van der Waals surface area contributed by atoms with Crippen molar-refractivity contribution in [3.63, 3.8) is 0 Å². The van der Waals surface area contributed by atoms with E-state index < -0.39 is 11.9 Å². The third-order valence-electron chi connectivity index (χ3n) is 11.7. The molecule has 9 rings (SSSR count). The number of phenols is 1. The minimum Gasteiger partial charge on any atom is -0.508 e. The van der Waals surface area contributed by atoms with E-state index in [4.69, 9.17) is 14.2 Å². The summed E-state index contributed by atoms with van der Waals surface area (Å²) in [4.78, 5) is 42.1. The summed E-state index contributed by atoms with van der Waals surface area (Å²) in [7, 11) is 0. The van der Waals surface area contributed by atoms with Crippen molar-refractivity contribution in [1.29, 1.82) is 0 Å². The summed E-state index contributed by atoms with van der Waals surface area (Å²) in [5.74, 6) is 2.46. The first-order valence-electron chi connectivity index (χ1n) is 19.1. The van der Waals surface area contributed by atoms with Crippen molar-refractivity contribution >= 4 is 39.1 Å². The number of phenolic OH excluding ortho intramolecular Hbond substituents is 1. The summed E-state index contributed by atoms with van der Waals surface area (Å²) >= 11 is 1.61. The van der Waals surface area contributed by atoms with Crippen LogP contribution in [0.4, 0.5) is 0 Å². The molecule has 0 radical (unpaired) electrons. The lowest BCUT2D eigenvalue weighted by Crippen LogP contribution is -2.52. The summed E-state index contributed by atoms with van der Waals surface area (Å²) < 4.78 is 20.0. The number of fused-ring (bicyclic) bond motifs is 2. The molecule has 4 aromatic carbocycles. The van der Waals surface area contributed by atoms with E-state index in [0.717, 1.165) is 94.4 Å². The van der Waals surface area contributed by atoms with E-state index in [-0.39, 0.29) is 30.1 Å². The second kappa shape index (κ2) is 14.4. The molecule has 5 aromatic rings. The number of amides is 3. The van der Waals surface area contributed by atoms with Gasteiger partial charge < -0.3 is 24.2 Å². The van der Waals surface area contributed by atoms with Crippen LogP contribution in [0.2, 0.25) is 0 Å². The van der Waals surface area contributed by atoms with Crippen LogP contribution in [0.1, 0.15) is 60.0 Å². The van der Waals surface area contributed by atoms with Gasteiger partial charge in [0.25, 0.3) is 5.91 Å². The Balaban J connectivity index is 0.732. The standard InChI is InChI=1S/C44H43N3O7S/c1-27-2-4-28(5-3-27)41-40(36-12-6-30(48)23-38(36)55-41)54-32-9-7-31(8-10-32)52-21-20-46-18-16-44(17-19-46)24-34(25-44)53-33-11-13-35-29(22-33)26-47(43(35)51)37-14-15-39(49)45-42(37)50/h2-13,22-23,34,37,48H,14-21,24-26H2,1H3,(H,45,49,50)/t37-/m0/s1. The molecule has 4 heterocycles. The van der Waals surface area contributed by atoms with Gasteiger partial charge in [0.2, 0.25) is 11.8 Å². The predicted molar refractivity (Wildman–Crippen MR) is 210 cm³/mol. The van der Waals surface area contributed by atoms with Crippen LogP contribution in [-0.4, -0.2) is 71.0 Å². The summed E-state index contributed by atoms with van der Waals surface area (Å²) in [6.45, 7) is 5.97. The number of benzene rings is 4. The Morgan fingerprint density at radius 3 is 2.40 bits per heavy atom. The van der Waals surface area contributed by atoms with Gasteiger partial charge in [-0.2, -0.15) is 0 Å². The van der Waals surface area contributed by atoms with Crippen molar-refractivity contribution in [2.45, 2.75) is 64.1 Å². The fourth-order valence-corrected chi connectivity index (χ4v) is 9.71. The van der Waals surface area contributed by atoms with Crippen LogP contribution < -0.4 is 19.5 Å². The van der Waals surface area contributed by atoms with Gasteiger partial charge in [0.1, 0.15) is 35.6 Å². The van der Waals surface area contributed by atoms with Gasteiger partial charge >= 0.3 is 0 Å². The van der Waals surface area contributed by atoms with Crippen molar-refractivity contribution in [2.75, 3.05) is 26.2 Å². The average molecular weight is 758 g/mol. The fraction of sp³-hybridized carbons (Fsp3) is 0.341. The average Bonchev–Trinajstić information content (AvgIpc) is 3.68. The number of carbonyl (C=O) groups is 3. The van der Waals surface area contributed by atoms with Crippen molar-refractivity contribution in [3.8, 4) is 39.2 Å². The summed E-state index contributed by atoms with van der Waals surface area (Å²) in [5, 5.41) is 13.4. The predicted octanol–water partition coefficient (Wildman–Crippen LogP) is 7.84. The molecule has 1 aliphatic carbocycles. The lowest BCUT2D eigenvalue weighted by atomic mass is 9.61. The SMILES string of the molecule is Cc1ccc(-c2sc3cc(O)ccc3c2Oc2ccc(OCCN3CCC4(CC3)CC(Oc3ccc5c(c3)CN([C@H]3CCC(=O)NC3=O)C5=O)C4)cc2)cc1. The number of hydrogen-bond acceptors (Lipinski definition) is 9. The molecular formula is C44H43N3O7S. The van der Waals surface area contributed by atoms with E-state index >= 15 is 0 Å². The highest BCUT2D eigenvalue weighted by Crippen LogP contribution is 2.51. The maximum atomic E-state index is 13.0. The number of rotatable bonds is 10. The van der Waals surface area contributed by atoms with Crippen LogP contribution in [0.5, 0.6) is 28.7 Å². The molecule has 3 aliphatic heterocycles.